The number of hydrogen-bond acceptors (Lipinski definition) is 15. The summed E-state index contributed by atoms with van der Waals surface area (Å²) in [6.07, 6.45) is 0. The Kier molecular flexibility index (Phi) is 18.1. The number of aryl methyl sites for hydroxylation is 2. The van der Waals surface area contributed by atoms with E-state index in [1.807, 2.05) is 0 Å². The Labute approximate surface area is 468 Å². The molecule has 8 rings (SSSR count). The molecule has 23 heteroatoms. The normalized spacial score (nSPS) is 11.9. The van der Waals surface area contributed by atoms with Crippen LogP contribution in [0.3, 0.4) is 0 Å². The van der Waals surface area contributed by atoms with Gasteiger partial charge in [0.05, 0.1) is 31.2 Å². The third-order valence-electron chi connectivity index (χ3n) is 10.6. The first-order valence-electron chi connectivity index (χ1n) is 20.9. The first-order chi connectivity index (χ1) is 34.2. The number of halogens is 2. The number of phenols is 1. The van der Waals surface area contributed by atoms with Crippen molar-refractivity contribution in [2.75, 3.05) is 19.5 Å². The number of nitrogens with one attached hydrogen (secondary N) is 1. The molecule has 0 fully saturated rings. The molecule has 0 spiro atoms. The SMILES string of the molecule is COc1cccc(N=C([O-])c2cc3ccccc3c(N=Nc3cc(Cl)c(C)cc3S(=O)(=O)O)c2[O-])c1.COc1cccc(NC(=O)c2cc3ccccc3c(N=Nc3cc(Cl)c(C)cc3S(=O)(=O)O)c2O)c1.[Ba+2]. The van der Waals surface area contributed by atoms with Gasteiger partial charge >= 0.3 is 48.9 Å². The van der Waals surface area contributed by atoms with E-state index in [9.17, 15) is 46.1 Å². The van der Waals surface area contributed by atoms with E-state index in [0.29, 0.717) is 55.5 Å². The standard InChI is InChI=1S/2C25H20ClN3O6S.Ba/c2*1-14-10-22(36(32,33)34)21(13-20(14)26)28-29-23-18-9-4-3-6-15(18)11-19(24(23)30)25(31)27-16-7-5-8-17(12-16)35-2;/h2*3-13,30H,1-2H3,(H,27,31)(H,32,33,34);/q;;+2/p-2. The summed E-state index contributed by atoms with van der Waals surface area (Å²) in [5.74, 6) is -1.60. The van der Waals surface area contributed by atoms with Crippen molar-refractivity contribution in [2.24, 2.45) is 25.4 Å². The van der Waals surface area contributed by atoms with E-state index in [2.05, 4.69) is 30.8 Å². The van der Waals surface area contributed by atoms with Crippen molar-refractivity contribution in [2.45, 2.75) is 23.6 Å². The average Bonchev–Trinajstić information content (AvgIpc) is 3.34. The van der Waals surface area contributed by atoms with Crippen molar-refractivity contribution in [1.29, 1.82) is 0 Å². The van der Waals surface area contributed by atoms with E-state index in [1.54, 1.807) is 111 Å². The molecule has 0 aliphatic rings. The van der Waals surface area contributed by atoms with Crippen LogP contribution in [-0.2, 0) is 20.2 Å². The number of ether oxygens (including phenoxy) is 2. The van der Waals surface area contributed by atoms with Crippen LogP contribution in [0.2, 0.25) is 10.0 Å². The molecule has 18 nitrogen and oxygen atoms in total. The van der Waals surface area contributed by atoms with E-state index in [-0.39, 0.29) is 92.8 Å². The second-order valence-electron chi connectivity index (χ2n) is 15.5. The summed E-state index contributed by atoms with van der Waals surface area (Å²) in [5, 5.41) is 58.2. The second kappa shape index (κ2) is 23.6. The molecule has 368 valence electrons. The molecular weight excluding hydrogens is 1150 g/mol. The van der Waals surface area contributed by atoms with Crippen molar-refractivity contribution in [3.05, 3.63) is 166 Å². The number of amides is 1. The number of methoxy groups -OCH3 is 2. The monoisotopic (exact) mass is 1190 g/mol. The fourth-order valence-corrected chi connectivity index (χ4v) is 8.68. The van der Waals surface area contributed by atoms with Crippen molar-refractivity contribution in [1.82, 2.24) is 0 Å². The molecule has 73 heavy (non-hydrogen) atoms. The largest absolute Gasteiger partial charge is 2.00 e. The van der Waals surface area contributed by atoms with Crippen molar-refractivity contribution >= 4 is 160 Å². The van der Waals surface area contributed by atoms with Gasteiger partial charge in [-0.05, 0) is 108 Å². The van der Waals surface area contributed by atoms with Gasteiger partial charge in [-0.15, -0.1) is 15.3 Å². The van der Waals surface area contributed by atoms with Crippen LogP contribution in [0, 0.1) is 13.8 Å². The maximum Gasteiger partial charge on any atom is 2.00 e. The molecule has 0 aromatic heterocycles. The number of aromatic hydroxyl groups is 1. The fourth-order valence-electron chi connectivity index (χ4n) is 6.98. The molecule has 0 saturated carbocycles. The smallest absolute Gasteiger partial charge is 0.871 e. The quantitative estimate of drug-likeness (QED) is 0.0292. The van der Waals surface area contributed by atoms with Crippen molar-refractivity contribution in [3.63, 3.8) is 0 Å². The fraction of sp³-hybridized carbons (Fsp3) is 0.0800. The predicted molar refractivity (Wildman–Crippen MR) is 275 cm³/mol. The van der Waals surface area contributed by atoms with E-state index < -0.39 is 53.3 Å². The molecule has 0 aliphatic carbocycles. The van der Waals surface area contributed by atoms with E-state index in [0.717, 1.165) is 6.07 Å². The molecule has 0 heterocycles. The molecule has 0 atom stereocenters. The predicted octanol–water partition coefficient (Wildman–Crippen LogP) is 11.0. The van der Waals surface area contributed by atoms with Gasteiger partial charge in [-0.2, -0.15) is 21.9 Å². The Bertz CT molecular complexity index is 3790. The molecule has 0 unspecified atom stereocenters. The second-order valence-corrected chi connectivity index (χ2v) is 19.1. The summed E-state index contributed by atoms with van der Waals surface area (Å²) in [5.41, 5.74) is 0.446. The van der Waals surface area contributed by atoms with Crippen molar-refractivity contribution < 1.29 is 55.5 Å². The molecule has 0 aliphatic heterocycles. The molecule has 8 aromatic rings. The van der Waals surface area contributed by atoms with Gasteiger partial charge < -0.3 is 30.1 Å². The first-order valence-corrected chi connectivity index (χ1v) is 24.5. The summed E-state index contributed by atoms with van der Waals surface area (Å²) in [6, 6.07) is 34.4. The number of aliphatic imine (C=N–C) groups is 1. The molecule has 4 N–H and O–H groups in total. The Morgan fingerprint density at radius 3 is 1.63 bits per heavy atom. The summed E-state index contributed by atoms with van der Waals surface area (Å²) < 4.78 is 77.0. The van der Waals surface area contributed by atoms with E-state index in [1.165, 1.54) is 44.6 Å². The van der Waals surface area contributed by atoms with Gasteiger partial charge in [-0.3, -0.25) is 18.9 Å². The average molecular weight is 1190 g/mol. The number of carbonyl (C=O) groups excluding carboxylic acids is 1. The third kappa shape index (κ3) is 13.2. The number of azo groups is 2. The van der Waals surface area contributed by atoms with Crippen LogP contribution in [0.25, 0.3) is 21.5 Å². The van der Waals surface area contributed by atoms with E-state index in [4.69, 9.17) is 32.7 Å². The van der Waals surface area contributed by atoms with Gasteiger partial charge in [-0.1, -0.05) is 89.6 Å². The van der Waals surface area contributed by atoms with Gasteiger partial charge in [-0.25, -0.2) is 0 Å². The summed E-state index contributed by atoms with van der Waals surface area (Å²) in [4.78, 5) is 16.1. The number of fused-ring (bicyclic) bond motifs is 2. The Balaban J connectivity index is 0.000000235. The zero-order valence-electron chi connectivity index (χ0n) is 38.7. The number of anilines is 1. The molecule has 0 radical (unpaired) electrons. The van der Waals surface area contributed by atoms with Crippen LogP contribution in [0.15, 0.2) is 169 Å². The van der Waals surface area contributed by atoms with E-state index >= 15 is 0 Å². The van der Waals surface area contributed by atoms with Crippen LogP contribution in [0.4, 0.5) is 34.1 Å². The van der Waals surface area contributed by atoms with Gasteiger partial charge in [0, 0.05) is 38.6 Å². The molecule has 1 amide bonds. The number of rotatable bonds is 12. The van der Waals surface area contributed by atoms with Gasteiger partial charge in [0.15, 0.2) is 5.75 Å². The van der Waals surface area contributed by atoms with Crippen LogP contribution < -0.4 is 25.0 Å². The van der Waals surface area contributed by atoms with Gasteiger partial charge in [0.1, 0.15) is 38.4 Å². The Morgan fingerprint density at radius 2 is 1.10 bits per heavy atom. The Hall–Kier alpha value is -6.41. The molecular formula is C50H38BaCl2N6O12S2. The minimum Gasteiger partial charge on any atom is -0.871 e. The maximum absolute atomic E-state index is 13.3. The zero-order chi connectivity index (χ0) is 52.1. The van der Waals surface area contributed by atoms with Crippen LogP contribution >= 0.6 is 23.2 Å². The minimum atomic E-state index is -4.66. The molecule has 0 bridgehead atoms. The Morgan fingerprint density at radius 1 is 0.616 bits per heavy atom. The molecule has 0 saturated heterocycles. The van der Waals surface area contributed by atoms with Crippen LogP contribution in [0.5, 0.6) is 23.0 Å². The van der Waals surface area contributed by atoms with Crippen LogP contribution in [0.1, 0.15) is 27.0 Å². The summed E-state index contributed by atoms with van der Waals surface area (Å²) in [6.45, 7) is 3.13. The maximum atomic E-state index is 13.3. The minimum absolute atomic E-state index is 0. The number of phenolic OH excluding ortho intramolecular Hbond substituents is 1. The number of carbonyl (C=O) groups is 1. The van der Waals surface area contributed by atoms with Crippen molar-refractivity contribution in [3.8, 4) is 23.0 Å². The van der Waals surface area contributed by atoms with Crippen LogP contribution in [-0.4, -0.2) is 106 Å². The number of nitrogens with zero attached hydrogens (tertiary/aromatic N) is 5. The summed E-state index contributed by atoms with van der Waals surface area (Å²) >= 11 is 12.2. The first kappa shape index (κ1) is 55.9. The number of benzene rings is 8. The topological polar surface area (TPSA) is 284 Å². The summed E-state index contributed by atoms with van der Waals surface area (Å²) in [7, 11) is -6.32. The third-order valence-corrected chi connectivity index (χ3v) is 13.2. The molecule has 8 aromatic carbocycles. The zero-order valence-corrected chi connectivity index (χ0v) is 46.3. The van der Waals surface area contributed by atoms with Gasteiger partial charge in [0.25, 0.3) is 26.1 Å². The number of hydrogen-bond donors (Lipinski definition) is 4. The van der Waals surface area contributed by atoms with Gasteiger partial charge in [0.2, 0.25) is 0 Å².